The molecule has 3 aromatic rings. The molecule has 258 valence electrons. The quantitative estimate of drug-likeness (QED) is 0.162. The van der Waals surface area contributed by atoms with E-state index in [-0.39, 0.29) is 49.2 Å². The van der Waals surface area contributed by atoms with Crippen LogP contribution in [-0.2, 0) is 32.2 Å². The summed E-state index contributed by atoms with van der Waals surface area (Å²) in [5.74, 6) is 0.0711. The second-order valence-corrected chi connectivity index (χ2v) is 13.1. The lowest BCUT2D eigenvalue weighted by molar-refractivity contribution is -0.276. The van der Waals surface area contributed by atoms with Gasteiger partial charge < -0.3 is 30.3 Å². The molecule has 0 saturated carbocycles. The van der Waals surface area contributed by atoms with Gasteiger partial charge in [0.15, 0.2) is 6.29 Å². The first-order valence-electron chi connectivity index (χ1n) is 17.4. The smallest absolute Gasteiger partial charge is 0.220 e. The highest BCUT2D eigenvalue weighted by Crippen LogP contribution is 2.42. The van der Waals surface area contributed by atoms with Gasteiger partial charge in [-0.3, -0.25) is 14.5 Å². The Balaban J connectivity index is 1.26. The van der Waals surface area contributed by atoms with Gasteiger partial charge in [-0.2, -0.15) is 0 Å². The van der Waals surface area contributed by atoms with E-state index in [4.69, 9.17) is 9.47 Å². The standard InChI is InChI=1S/C39H51N3O6/c1-27-36(24-42-22-8-10-34(42)26-44)47-39(48-38(27)31-15-13-29(25-43)14-16-31)32-19-17-30(18-20-32)35-11-6-5-9-33(35)23-41-37(46)12-4-3-7-21-40-28(2)45/h5-6,9,11,13-20,27,34,36,38-39,43-44H,3-4,7-8,10,12,21-26H2,1-2H3,(H,40,45)(H,41,46). The van der Waals surface area contributed by atoms with Crippen molar-refractivity contribution in [2.75, 3.05) is 26.2 Å². The van der Waals surface area contributed by atoms with Crippen molar-refractivity contribution >= 4 is 11.8 Å². The van der Waals surface area contributed by atoms with Crippen molar-refractivity contribution in [3.05, 3.63) is 95.1 Å². The number of rotatable bonds is 15. The van der Waals surface area contributed by atoms with Gasteiger partial charge in [0.1, 0.15) is 0 Å². The van der Waals surface area contributed by atoms with Crippen LogP contribution in [0.3, 0.4) is 0 Å². The summed E-state index contributed by atoms with van der Waals surface area (Å²) < 4.78 is 13.4. The highest BCUT2D eigenvalue weighted by atomic mass is 16.7. The lowest BCUT2D eigenvalue weighted by atomic mass is 9.89. The third-order valence-electron chi connectivity index (χ3n) is 9.69. The highest BCUT2D eigenvalue weighted by molar-refractivity contribution is 5.76. The van der Waals surface area contributed by atoms with Gasteiger partial charge in [0.2, 0.25) is 11.8 Å². The minimum absolute atomic E-state index is 0.00278. The minimum atomic E-state index is -0.564. The number of benzene rings is 3. The fourth-order valence-electron chi connectivity index (χ4n) is 6.81. The van der Waals surface area contributed by atoms with Crippen LogP contribution in [0.5, 0.6) is 0 Å². The second kappa shape index (κ2) is 17.7. The summed E-state index contributed by atoms with van der Waals surface area (Å²) in [6.07, 6.45) is 4.22. The van der Waals surface area contributed by atoms with Crippen molar-refractivity contribution in [1.29, 1.82) is 0 Å². The summed E-state index contributed by atoms with van der Waals surface area (Å²) in [6, 6.07) is 24.5. The number of hydrogen-bond donors (Lipinski definition) is 4. The molecule has 2 fully saturated rings. The van der Waals surface area contributed by atoms with Crippen molar-refractivity contribution in [3.63, 3.8) is 0 Å². The fraction of sp³-hybridized carbons (Fsp3) is 0.487. The predicted molar refractivity (Wildman–Crippen MR) is 186 cm³/mol. The molecule has 5 rings (SSSR count). The summed E-state index contributed by atoms with van der Waals surface area (Å²) in [7, 11) is 0. The van der Waals surface area contributed by atoms with Crippen molar-refractivity contribution in [1.82, 2.24) is 15.5 Å². The largest absolute Gasteiger partial charge is 0.395 e. The van der Waals surface area contributed by atoms with E-state index in [0.717, 1.165) is 78.6 Å². The normalized spacial score (nSPS) is 22.8. The molecule has 2 heterocycles. The Morgan fingerprint density at radius 3 is 2.38 bits per heavy atom. The number of amides is 2. The highest BCUT2D eigenvalue weighted by Gasteiger charge is 2.40. The Bertz CT molecular complexity index is 1460. The van der Waals surface area contributed by atoms with Crippen molar-refractivity contribution in [3.8, 4) is 11.1 Å². The zero-order valence-corrected chi connectivity index (χ0v) is 28.3. The predicted octanol–water partition coefficient (Wildman–Crippen LogP) is 5.41. The molecule has 2 aliphatic rings. The van der Waals surface area contributed by atoms with E-state index < -0.39 is 6.29 Å². The van der Waals surface area contributed by atoms with Gasteiger partial charge in [-0.25, -0.2) is 0 Å². The SMILES string of the molecule is CC(=O)NCCCCCC(=O)NCc1ccccc1-c1ccc(C2OC(CN3CCCC3CO)C(C)C(c3ccc(CO)cc3)O2)cc1. The number of unbranched alkanes of at least 4 members (excludes halogenated alkanes) is 2. The van der Waals surface area contributed by atoms with Gasteiger partial charge in [0.25, 0.3) is 0 Å². The van der Waals surface area contributed by atoms with E-state index >= 15 is 0 Å². The van der Waals surface area contributed by atoms with Crippen molar-refractivity contribution in [2.24, 2.45) is 5.92 Å². The molecule has 9 nitrogen and oxygen atoms in total. The maximum Gasteiger partial charge on any atom is 0.220 e. The minimum Gasteiger partial charge on any atom is -0.395 e. The van der Waals surface area contributed by atoms with Crippen LogP contribution in [0.2, 0.25) is 0 Å². The Morgan fingerprint density at radius 1 is 0.896 bits per heavy atom. The van der Waals surface area contributed by atoms with Crippen LogP contribution < -0.4 is 10.6 Å². The molecule has 4 N–H and O–H groups in total. The molecule has 48 heavy (non-hydrogen) atoms. The average Bonchev–Trinajstić information content (AvgIpc) is 3.57. The maximum absolute atomic E-state index is 12.5. The lowest BCUT2D eigenvalue weighted by Crippen LogP contribution is -2.46. The summed E-state index contributed by atoms with van der Waals surface area (Å²) >= 11 is 0. The van der Waals surface area contributed by atoms with Gasteiger partial charge in [0, 0.05) is 50.5 Å². The van der Waals surface area contributed by atoms with Crippen LogP contribution in [-0.4, -0.2) is 65.3 Å². The summed E-state index contributed by atoms with van der Waals surface area (Å²) in [5, 5.41) is 25.4. The lowest BCUT2D eigenvalue weighted by Gasteiger charge is -2.43. The molecule has 2 aliphatic heterocycles. The first-order chi connectivity index (χ1) is 23.4. The second-order valence-electron chi connectivity index (χ2n) is 13.1. The van der Waals surface area contributed by atoms with Crippen molar-refractivity contribution in [2.45, 2.75) is 90.1 Å². The maximum atomic E-state index is 12.5. The van der Waals surface area contributed by atoms with E-state index in [2.05, 4.69) is 52.8 Å². The van der Waals surface area contributed by atoms with Crippen LogP contribution >= 0.6 is 0 Å². The molecule has 0 spiro atoms. The third-order valence-corrected chi connectivity index (χ3v) is 9.69. The number of ether oxygens (including phenoxy) is 2. The molecule has 0 radical (unpaired) electrons. The molecule has 9 heteroatoms. The molecule has 0 aromatic heterocycles. The molecule has 5 unspecified atom stereocenters. The Labute approximate surface area is 284 Å². The number of carbonyl (C=O) groups is 2. The van der Waals surface area contributed by atoms with E-state index in [1.54, 1.807) is 0 Å². The number of likely N-dealkylation sites (tertiary alicyclic amines) is 1. The molecule has 2 amide bonds. The molecule has 0 bridgehead atoms. The number of aliphatic hydroxyl groups is 2. The first-order valence-corrected chi connectivity index (χ1v) is 17.4. The summed E-state index contributed by atoms with van der Waals surface area (Å²) in [6.45, 7) is 6.60. The monoisotopic (exact) mass is 657 g/mol. The number of aliphatic hydroxyl groups excluding tert-OH is 2. The number of hydrogen-bond acceptors (Lipinski definition) is 7. The number of nitrogens with one attached hydrogen (secondary N) is 2. The topological polar surface area (TPSA) is 120 Å². The molecule has 5 atom stereocenters. The first kappa shape index (κ1) is 35.7. The fourth-order valence-corrected chi connectivity index (χ4v) is 6.81. The Kier molecular flexibility index (Phi) is 13.2. The van der Waals surface area contributed by atoms with E-state index in [1.807, 2.05) is 42.5 Å². The molecular formula is C39H51N3O6. The van der Waals surface area contributed by atoms with Crippen LogP contribution in [0.4, 0.5) is 0 Å². The van der Waals surface area contributed by atoms with Gasteiger partial charge in [-0.15, -0.1) is 0 Å². The van der Waals surface area contributed by atoms with Gasteiger partial charge >= 0.3 is 0 Å². The van der Waals surface area contributed by atoms with Crippen LogP contribution in [0.15, 0.2) is 72.8 Å². The molecule has 0 aliphatic carbocycles. The van der Waals surface area contributed by atoms with Crippen LogP contribution in [0.25, 0.3) is 11.1 Å². The van der Waals surface area contributed by atoms with Crippen LogP contribution in [0, 0.1) is 5.92 Å². The Morgan fingerprint density at radius 2 is 1.65 bits per heavy atom. The number of nitrogens with zero attached hydrogens (tertiary/aromatic N) is 1. The molecule has 3 aromatic carbocycles. The van der Waals surface area contributed by atoms with Crippen LogP contribution in [0.1, 0.15) is 87.0 Å². The zero-order chi connectivity index (χ0) is 33.9. The van der Waals surface area contributed by atoms with Crippen molar-refractivity contribution < 1.29 is 29.3 Å². The van der Waals surface area contributed by atoms with E-state index in [0.29, 0.717) is 19.5 Å². The summed E-state index contributed by atoms with van der Waals surface area (Å²) in [4.78, 5) is 25.9. The van der Waals surface area contributed by atoms with Gasteiger partial charge in [-0.05, 0) is 60.0 Å². The zero-order valence-electron chi connectivity index (χ0n) is 28.3. The third kappa shape index (κ3) is 9.51. The Hall–Kier alpha value is -3.60. The number of carbonyl (C=O) groups excluding carboxylic acids is 2. The summed E-state index contributed by atoms with van der Waals surface area (Å²) in [5.41, 5.74) is 5.98. The molecule has 2 saturated heterocycles. The van der Waals surface area contributed by atoms with Gasteiger partial charge in [0.05, 0.1) is 25.4 Å². The van der Waals surface area contributed by atoms with E-state index in [9.17, 15) is 19.8 Å². The average molecular weight is 658 g/mol. The van der Waals surface area contributed by atoms with E-state index in [1.165, 1.54) is 6.92 Å². The van der Waals surface area contributed by atoms with Gasteiger partial charge in [-0.1, -0.05) is 86.1 Å². The molecular weight excluding hydrogens is 606 g/mol.